The summed E-state index contributed by atoms with van der Waals surface area (Å²) in [6.45, 7) is 0.824. The Morgan fingerprint density at radius 2 is 1.86 bits per heavy atom. The van der Waals surface area contributed by atoms with Crippen LogP contribution in [0.15, 0.2) is 24.3 Å². The van der Waals surface area contributed by atoms with Crippen molar-refractivity contribution in [2.24, 2.45) is 5.92 Å². The molecule has 13 heteroatoms. The van der Waals surface area contributed by atoms with Crippen molar-refractivity contribution in [3.63, 3.8) is 0 Å². The predicted molar refractivity (Wildman–Crippen MR) is 119 cm³/mol. The summed E-state index contributed by atoms with van der Waals surface area (Å²) in [6, 6.07) is 5.94. The molecule has 4 rings (SSSR count). The van der Waals surface area contributed by atoms with Gasteiger partial charge < -0.3 is 15.8 Å². The maximum Gasteiger partial charge on any atom is 0.573 e. The first kappa shape index (κ1) is 24.9. The molecule has 2 aliphatic rings. The van der Waals surface area contributed by atoms with Crippen molar-refractivity contribution < 1.29 is 27.2 Å². The molecule has 0 atom stereocenters. The lowest BCUT2D eigenvalue weighted by molar-refractivity contribution is -0.385. The molecular weight excluding hydrogens is 472 g/mol. The number of para-hydroxylation sites is 1. The van der Waals surface area contributed by atoms with Crippen molar-refractivity contribution in [3.05, 3.63) is 45.6 Å². The van der Waals surface area contributed by atoms with E-state index in [1.807, 2.05) is 0 Å². The van der Waals surface area contributed by atoms with Crippen LogP contribution in [0.4, 0.5) is 35.0 Å². The summed E-state index contributed by atoms with van der Waals surface area (Å²) in [4.78, 5) is 21.4. The van der Waals surface area contributed by atoms with Crippen LogP contribution >= 0.6 is 0 Å². The summed E-state index contributed by atoms with van der Waals surface area (Å²) in [5, 5.41) is 14.4. The minimum atomic E-state index is -4.85. The van der Waals surface area contributed by atoms with Crippen molar-refractivity contribution >= 4 is 17.5 Å². The average Bonchev–Trinajstić information content (AvgIpc) is 2.75. The normalized spacial score (nSPS) is 21.4. The lowest BCUT2D eigenvalue weighted by atomic mass is 9.81. The lowest BCUT2D eigenvalue weighted by Crippen LogP contribution is -2.54. The number of anilines is 2. The number of hydrogen-bond acceptors (Lipinski definition) is 8. The van der Waals surface area contributed by atoms with Gasteiger partial charge in [0.1, 0.15) is 17.6 Å². The molecule has 2 fully saturated rings. The zero-order chi connectivity index (χ0) is 25.2. The van der Waals surface area contributed by atoms with E-state index < -0.39 is 17.5 Å². The van der Waals surface area contributed by atoms with E-state index in [4.69, 9.17) is 5.73 Å². The van der Waals surface area contributed by atoms with Crippen LogP contribution in [-0.2, 0) is 13.0 Å². The number of ether oxygens (including phenoxy) is 1. The molecule has 190 valence electrons. The van der Waals surface area contributed by atoms with E-state index in [0.717, 1.165) is 25.7 Å². The Hall–Kier alpha value is -3.22. The number of likely N-dealkylation sites (tertiary alicyclic amines) is 1. The number of nitrogens with zero attached hydrogens (tertiary/aromatic N) is 4. The number of benzene rings is 1. The highest BCUT2D eigenvalue weighted by atomic mass is 19.4. The molecule has 9 nitrogen and oxygen atoms in total. The van der Waals surface area contributed by atoms with Gasteiger partial charge in [-0.05, 0) is 44.1 Å². The molecule has 0 spiro atoms. The van der Waals surface area contributed by atoms with Crippen molar-refractivity contribution in [1.29, 1.82) is 0 Å². The Morgan fingerprint density at radius 3 is 2.49 bits per heavy atom. The SMILES string of the molecule is Nc1nc(NCc2ccccc2OC(F)(F)F)nc(CC2CCC(N3CC(F)C3)CC2)c1[N+](=O)[O-]. The monoisotopic (exact) mass is 498 g/mol. The molecule has 2 heterocycles. The second-order valence-corrected chi connectivity index (χ2v) is 8.92. The van der Waals surface area contributed by atoms with Crippen LogP contribution < -0.4 is 15.8 Å². The molecule has 2 aromatic rings. The molecule has 0 radical (unpaired) electrons. The quantitative estimate of drug-likeness (QED) is 0.315. The van der Waals surface area contributed by atoms with Gasteiger partial charge in [-0.25, -0.2) is 9.37 Å². The summed E-state index contributed by atoms with van der Waals surface area (Å²) in [5.41, 5.74) is 5.88. The predicted octanol–water partition coefficient (Wildman–Crippen LogP) is 4.23. The molecule has 0 amide bonds. The van der Waals surface area contributed by atoms with Crippen molar-refractivity contribution in [3.8, 4) is 5.75 Å². The van der Waals surface area contributed by atoms with Crippen LogP contribution in [-0.4, -0.2) is 51.5 Å². The Morgan fingerprint density at radius 1 is 1.17 bits per heavy atom. The zero-order valence-electron chi connectivity index (χ0n) is 18.8. The van der Waals surface area contributed by atoms with Gasteiger partial charge in [-0.3, -0.25) is 15.0 Å². The molecular formula is C22H26F4N6O3. The largest absolute Gasteiger partial charge is 0.573 e. The second kappa shape index (κ2) is 10.2. The van der Waals surface area contributed by atoms with Gasteiger partial charge in [-0.15, -0.1) is 13.2 Å². The van der Waals surface area contributed by atoms with Gasteiger partial charge in [0.05, 0.1) is 4.92 Å². The molecule has 3 N–H and O–H groups in total. The number of alkyl halides is 4. The molecule has 1 saturated carbocycles. The molecule has 1 aromatic carbocycles. The van der Waals surface area contributed by atoms with E-state index in [1.54, 1.807) is 6.07 Å². The highest BCUT2D eigenvalue weighted by molar-refractivity contribution is 5.58. The number of rotatable bonds is 8. The number of nitro groups is 1. The Bertz CT molecular complexity index is 1060. The van der Waals surface area contributed by atoms with Gasteiger partial charge in [0.25, 0.3) is 0 Å². The van der Waals surface area contributed by atoms with Gasteiger partial charge >= 0.3 is 12.0 Å². The van der Waals surface area contributed by atoms with Crippen LogP contribution in [0.5, 0.6) is 5.75 Å². The summed E-state index contributed by atoms with van der Waals surface area (Å²) in [5.74, 6) is -0.560. The number of nitrogen functional groups attached to an aromatic ring is 1. The zero-order valence-corrected chi connectivity index (χ0v) is 18.8. The van der Waals surface area contributed by atoms with Crippen LogP contribution in [0.25, 0.3) is 0 Å². The first-order chi connectivity index (χ1) is 16.6. The first-order valence-corrected chi connectivity index (χ1v) is 11.4. The molecule has 1 aliphatic heterocycles. The minimum Gasteiger partial charge on any atom is -0.405 e. The summed E-state index contributed by atoms with van der Waals surface area (Å²) in [7, 11) is 0. The van der Waals surface area contributed by atoms with Gasteiger partial charge in [0.2, 0.25) is 11.8 Å². The standard InChI is InChI=1S/C22H26F4N6O3/c23-15-11-31(12-15)16-7-5-13(6-8-16)9-17-19(32(33)34)20(27)30-21(29-17)28-10-14-3-1-2-4-18(14)35-22(24,25)26/h1-4,13,15-16H,5-12H2,(H3,27,28,29,30). The van der Waals surface area contributed by atoms with Gasteiger partial charge in [0, 0.05) is 31.2 Å². The maximum atomic E-state index is 13.2. The van der Waals surface area contributed by atoms with E-state index in [2.05, 4.69) is 24.9 Å². The number of nitrogens with one attached hydrogen (secondary N) is 1. The van der Waals surface area contributed by atoms with Crippen molar-refractivity contribution in [2.75, 3.05) is 24.1 Å². The first-order valence-electron chi connectivity index (χ1n) is 11.4. The lowest BCUT2D eigenvalue weighted by Gasteiger charge is -2.43. The second-order valence-electron chi connectivity index (χ2n) is 8.92. The number of aromatic nitrogens is 2. The molecule has 0 bridgehead atoms. The highest BCUT2D eigenvalue weighted by Crippen LogP contribution is 2.35. The van der Waals surface area contributed by atoms with Crippen molar-refractivity contribution in [2.45, 2.75) is 57.2 Å². The molecule has 0 unspecified atom stereocenters. The highest BCUT2D eigenvalue weighted by Gasteiger charge is 2.35. The smallest absolute Gasteiger partial charge is 0.405 e. The van der Waals surface area contributed by atoms with Gasteiger partial charge in [-0.1, -0.05) is 18.2 Å². The Balaban J connectivity index is 1.45. The van der Waals surface area contributed by atoms with Crippen LogP contribution in [0, 0.1) is 16.0 Å². The fourth-order valence-electron chi connectivity index (χ4n) is 4.73. The summed E-state index contributed by atoms with van der Waals surface area (Å²) >= 11 is 0. The van der Waals surface area contributed by atoms with E-state index >= 15 is 0 Å². The van der Waals surface area contributed by atoms with Crippen LogP contribution in [0.1, 0.15) is 36.9 Å². The van der Waals surface area contributed by atoms with E-state index in [1.165, 1.54) is 18.2 Å². The molecule has 35 heavy (non-hydrogen) atoms. The summed E-state index contributed by atoms with van der Waals surface area (Å²) < 4.78 is 55.2. The Kier molecular flexibility index (Phi) is 7.24. The third kappa shape index (κ3) is 6.27. The van der Waals surface area contributed by atoms with Crippen LogP contribution in [0.3, 0.4) is 0 Å². The number of halogens is 4. The number of nitrogens with two attached hydrogens (primary N) is 1. The van der Waals surface area contributed by atoms with E-state index in [-0.39, 0.29) is 46.9 Å². The Labute approximate surface area is 198 Å². The fourth-order valence-corrected chi connectivity index (χ4v) is 4.73. The fraction of sp³-hybridized carbons (Fsp3) is 0.545. The van der Waals surface area contributed by atoms with Gasteiger partial charge in [-0.2, -0.15) is 4.98 Å². The van der Waals surface area contributed by atoms with Crippen LogP contribution in [0.2, 0.25) is 0 Å². The molecule has 1 aromatic heterocycles. The number of hydrogen-bond donors (Lipinski definition) is 2. The maximum absolute atomic E-state index is 13.2. The van der Waals surface area contributed by atoms with Crippen molar-refractivity contribution in [1.82, 2.24) is 14.9 Å². The topological polar surface area (TPSA) is 119 Å². The molecule has 1 aliphatic carbocycles. The van der Waals surface area contributed by atoms with Gasteiger partial charge in [0.15, 0.2) is 0 Å². The molecule has 1 saturated heterocycles. The third-order valence-electron chi connectivity index (χ3n) is 6.48. The van der Waals surface area contributed by atoms with E-state index in [0.29, 0.717) is 25.6 Å². The minimum absolute atomic E-state index is 0.0202. The third-order valence-corrected chi connectivity index (χ3v) is 6.48. The summed E-state index contributed by atoms with van der Waals surface area (Å²) in [6.07, 6.45) is -1.87. The van der Waals surface area contributed by atoms with E-state index in [9.17, 15) is 27.7 Å². The average molecular weight is 498 g/mol.